The van der Waals surface area contributed by atoms with E-state index in [1.807, 2.05) is 24.3 Å². The fourth-order valence-electron chi connectivity index (χ4n) is 3.67. The van der Waals surface area contributed by atoms with Crippen molar-refractivity contribution in [1.29, 1.82) is 0 Å². The van der Waals surface area contributed by atoms with Gasteiger partial charge < -0.3 is 10.1 Å². The Balaban J connectivity index is 1.29. The Morgan fingerprint density at radius 1 is 0.933 bits per heavy atom. The first-order valence-electron chi connectivity index (χ1n) is 9.65. The molecule has 1 aliphatic rings. The van der Waals surface area contributed by atoms with Crippen LogP contribution in [0.4, 0.5) is 13.6 Å². The molecule has 5 heteroatoms. The molecule has 150 valence electrons. The second kappa shape index (κ2) is 8.79. The van der Waals surface area contributed by atoms with Crippen molar-refractivity contribution < 1.29 is 18.3 Å². The zero-order valence-electron chi connectivity index (χ0n) is 16.1. The van der Waals surface area contributed by atoms with Gasteiger partial charge in [0.25, 0.3) is 0 Å². The van der Waals surface area contributed by atoms with Crippen LogP contribution in [0.2, 0.25) is 0 Å². The molecule has 0 saturated carbocycles. The largest absolute Gasteiger partial charge is 0.449 e. The SMILES string of the molecule is O=C(NCCC#Cc1cc(F)cc(F)c1)OCC1c2ccccc2-c2ccccc21. The molecule has 4 rings (SSSR count). The molecule has 30 heavy (non-hydrogen) atoms. The first-order valence-corrected chi connectivity index (χ1v) is 9.65. The van der Waals surface area contributed by atoms with Gasteiger partial charge in [0, 0.05) is 30.5 Å². The Labute approximate surface area is 173 Å². The number of amides is 1. The monoisotopic (exact) mass is 403 g/mol. The van der Waals surface area contributed by atoms with E-state index in [2.05, 4.69) is 41.4 Å². The lowest BCUT2D eigenvalue weighted by Crippen LogP contribution is -2.26. The maximum Gasteiger partial charge on any atom is 0.407 e. The van der Waals surface area contributed by atoms with Gasteiger partial charge in [-0.1, -0.05) is 60.4 Å². The maximum absolute atomic E-state index is 13.1. The molecule has 1 N–H and O–H groups in total. The standard InChI is InChI=1S/C25H19F2NO2/c26-18-13-17(14-19(27)15-18)7-5-6-12-28-25(29)30-16-24-22-10-3-1-8-20(22)21-9-2-4-11-23(21)24/h1-4,8-11,13-15,24H,6,12,16H2,(H,28,29). The first kappa shape index (κ1) is 19.7. The highest BCUT2D eigenvalue weighted by atomic mass is 19.1. The molecular weight excluding hydrogens is 384 g/mol. The van der Waals surface area contributed by atoms with Gasteiger partial charge in [-0.3, -0.25) is 0 Å². The number of hydrogen-bond acceptors (Lipinski definition) is 2. The van der Waals surface area contributed by atoms with E-state index in [1.165, 1.54) is 11.1 Å². The molecular formula is C25H19F2NO2. The van der Waals surface area contributed by atoms with Crippen molar-refractivity contribution in [3.05, 3.63) is 95.1 Å². The van der Waals surface area contributed by atoms with Gasteiger partial charge in [-0.15, -0.1) is 0 Å². The normalized spacial score (nSPS) is 11.8. The van der Waals surface area contributed by atoms with Crippen molar-refractivity contribution in [2.24, 2.45) is 0 Å². The van der Waals surface area contributed by atoms with Crippen molar-refractivity contribution in [1.82, 2.24) is 5.32 Å². The minimum absolute atomic E-state index is 0.00538. The number of fused-ring (bicyclic) bond motifs is 3. The molecule has 3 aromatic rings. The van der Waals surface area contributed by atoms with Crippen LogP contribution >= 0.6 is 0 Å². The lowest BCUT2D eigenvalue weighted by atomic mass is 9.98. The first-order chi connectivity index (χ1) is 14.6. The number of carbonyl (C=O) groups is 1. The molecule has 1 aliphatic carbocycles. The number of carbonyl (C=O) groups excluding carboxylic acids is 1. The van der Waals surface area contributed by atoms with Gasteiger partial charge in [0.05, 0.1) is 0 Å². The van der Waals surface area contributed by atoms with Crippen LogP contribution in [0.25, 0.3) is 11.1 Å². The van der Waals surface area contributed by atoms with Gasteiger partial charge in [0.1, 0.15) is 18.2 Å². The number of ether oxygens (including phenoxy) is 1. The molecule has 0 unspecified atom stereocenters. The summed E-state index contributed by atoms with van der Waals surface area (Å²) in [5.41, 5.74) is 4.91. The van der Waals surface area contributed by atoms with E-state index in [0.717, 1.165) is 29.3 Å². The highest BCUT2D eigenvalue weighted by Crippen LogP contribution is 2.44. The van der Waals surface area contributed by atoms with E-state index in [9.17, 15) is 13.6 Å². The minimum atomic E-state index is -0.670. The topological polar surface area (TPSA) is 38.3 Å². The zero-order valence-corrected chi connectivity index (χ0v) is 16.1. The van der Waals surface area contributed by atoms with Gasteiger partial charge in [0.15, 0.2) is 0 Å². The van der Waals surface area contributed by atoms with E-state index in [0.29, 0.717) is 6.42 Å². The summed E-state index contributed by atoms with van der Waals surface area (Å²) in [6.07, 6.45) is -0.182. The minimum Gasteiger partial charge on any atom is -0.449 e. The molecule has 3 aromatic carbocycles. The van der Waals surface area contributed by atoms with E-state index in [1.54, 1.807) is 0 Å². The number of benzene rings is 3. The molecule has 0 spiro atoms. The Kier molecular flexibility index (Phi) is 5.76. The van der Waals surface area contributed by atoms with Crippen molar-refractivity contribution >= 4 is 6.09 Å². The second-order valence-corrected chi connectivity index (χ2v) is 6.96. The predicted molar refractivity (Wildman–Crippen MR) is 111 cm³/mol. The van der Waals surface area contributed by atoms with E-state index >= 15 is 0 Å². The smallest absolute Gasteiger partial charge is 0.407 e. The molecule has 0 aliphatic heterocycles. The molecule has 1 amide bonds. The summed E-state index contributed by atoms with van der Waals surface area (Å²) in [5, 5.41) is 2.65. The van der Waals surface area contributed by atoms with Crippen molar-refractivity contribution in [2.45, 2.75) is 12.3 Å². The van der Waals surface area contributed by atoms with Crippen LogP contribution in [-0.4, -0.2) is 19.2 Å². The Morgan fingerprint density at radius 3 is 2.17 bits per heavy atom. The van der Waals surface area contributed by atoms with E-state index in [-0.39, 0.29) is 24.6 Å². The average molecular weight is 403 g/mol. The van der Waals surface area contributed by atoms with E-state index in [4.69, 9.17) is 4.74 Å². The van der Waals surface area contributed by atoms with Gasteiger partial charge in [-0.25, -0.2) is 13.6 Å². The third kappa shape index (κ3) is 4.33. The van der Waals surface area contributed by atoms with Crippen LogP contribution < -0.4 is 5.32 Å². The lowest BCUT2D eigenvalue weighted by Gasteiger charge is -2.14. The summed E-state index contributed by atoms with van der Waals surface area (Å²) in [4.78, 5) is 12.1. The van der Waals surface area contributed by atoms with Crippen LogP contribution in [0.1, 0.15) is 29.0 Å². The number of hydrogen-bond donors (Lipinski definition) is 1. The van der Waals surface area contributed by atoms with Crippen LogP contribution in [0, 0.1) is 23.5 Å². The third-order valence-corrected chi connectivity index (χ3v) is 4.96. The number of nitrogens with one attached hydrogen (secondary N) is 1. The Bertz CT molecular complexity index is 1080. The van der Waals surface area contributed by atoms with Crippen molar-refractivity contribution in [2.75, 3.05) is 13.2 Å². The summed E-state index contributed by atoms with van der Waals surface area (Å²) in [6.45, 7) is 0.523. The average Bonchev–Trinajstić information content (AvgIpc) is 3.05. The third-order valence-electron chi connectivity index (χ3n) is 4.96. The van der Waals surface area contributed by atoms with Gasteiger partial charge in [-0.2, -0.15) is 0 Å². The van der Waals surface area contributed by atoms with Crippen LogP contribution in [0.3, 0.4) is 0 Å². The summed E-state index contributed by atoms with van der Waals surface area (Å²) in [7, 11) is 0. The summed E-state index contributed by atoms with van der Waals surface area (Å²) >= 11 is 0. The molecule has 3 nitrogen and oxygen atoms in total. The predicted octanol–water partition coefficient (Wildman–Crippen LogP) is 5.25. The Morgan fingerprint density at radius 2 is 1.53 bits per heavy atom. The van der Waals surface area contributed by atoms with Crippen LogP contribution in [0.5, 0.6) is 0 Å². The van der Waals surface area contributed by atoms with Gasteiger partial charge in [-0.05, 0) is 34.4 Å². The van der Waals surface area contributed by atoms with E-state index < -0.39 is 17.7 Å². The molecule has 0 fully saturated rings. The quantitative estimate of drug-likeness (QED) is 0.478. The fraction of sp³-hybridized carbons (Fsp3) is 0.160. The van der Waals surface area contributed by atoms with Crippen molar-refractivity contribution in [3.8, 4) is 23.0 Å². The number of rotatable bonds is 4. The summed E-state index contributed by atoms with van der Waals surface area (Å²) in [6, 6.07) is 19.4. The Hall–Kier alpha value is -3.65. The molecule has 0 radical (unpaired) electrons. The number of halogens is 2. The highest BCUT2D eigenvalue weighted by molar-refractivity contribution is 5.79. The molecule has 0 saturated heterocycles. The van der Waals surface area contributed by atoms with Gasteiger partial charge in [0.2, 0.25) is 0 Å². The molecule has 0 atom stereocenters. The van der Waals surface area contributed by atoms with Crippen molar-refractivity contribution in [3.63, 3.8) is 0 Å². The highest BCUT2D eigenvalue weighted by Gasteiger charge is 2.28. The van der Waals surface area contributed by atoms with Gasteiger partial charge >= 0.3 is 6.09 Å². The molecule has 0 heterocycles. The maximum atomic E-state index is 13.1. The van der Waals surface area contributed by atoms with Crippen LogP contribution in [0.15, 0.2) is 66.7 Å². The second-order valence-electron chi connectivity index (χ2n) is 6.96. The lowest BCUT2D eigenvalue weighted by molar-refractivity contribution is 0.143. The van der Waals surface area contributed by atoms with Crippen LogP contribution in [-0.2, 0) is 4.74 Å². The molecule has 0 aromatic heterocycles. The molecule has 0 bridgehead atoms. The summed E-state index contributed by atoms with van der Waals surface area (Å²) < 4.78 is 31.7. The summed E-state index contributed by atoms with van der Waals surface area (Å²) in [5.74, 6) is 4.12. The fourth-order valence-corrected chi connectivity index (χ4v) is 3.67. The number of alkyl carbamates (subject to hydrolysis) is 1. The zero-order chi connectivity index (χ0) is 20.9.